The number of rotatable bonds is 9. The number of hydrogen-bond donors (Lipinski definition) is 2. The zero-order valence-electron chi connectivity index (χ0n) is 22.9. The van der Waals surface area contributed by atoms with Gasteiger partial charge in [-0.15, -0.1) is 0 Å². The van der Waals surface area contributed by atoms with Gasteiger partial charge in [0.25, 0.3) is 0 Å². The number of nitrogens with two attached hydrogens (primary N) is 1. The molecule has 2 aromatic carbocycles. The number of imidazole rings is 1. The molecule has 1 atom stereocenters. The van der Waals surface area contributed by atoms with Gasteiger partial charge in [0.2, 0.25) is 5.91 Å². The third-order valence-corrected chi connectivity index (χ3v) is 6.99. The Morgan fingerprint density at radius 2 is 1.75 bits per heavy atom. The van der Waals surface area contributed by atoms with Gasteiger partial charge in [-0.3, -0.25) is 9.20 Å². The number of nitrogens with one attached hydrogen (secondary N) is 1. The highest BCUT2D eigenvalue weighted by Crippen LogP contribution is 2.22. The van der Waals surface area contributed by atoms with E-state index in [9.17, 15) is 9.59 Å². The number of nitrogens with zero attached hydrogens (tertiary/aromatic N) is 3. The van der Waals surface area contributed by atoms with Crippen molar-refractivity contribution in [1.29, 1.82) is 0 Å². The SMILES string of the molecule is CC(C)(N)C(=O)N[C@H](COCc1ccccc1)c1ncc2cccc(COC(=O)N3CCc4ccccc4C3)n12. The van der Waals surface area contributed by atoms with Gasteiger partial charge in [0.15, 0.2) is 0 Å². The number of amides is 2. The monoisotopic (exact) mass is 541 g/mol. The third-order valence-electron chi connectivity index (χ3n) is 6.99. The van der Waals surface area contributed by atoms with Crippen LogP contribution in [0.4, 0.5) is 4.79 Å². The molecule has 4 aromatic rings. The van der Waals surface area contributed by atoms with Crippen molar-refractivity contribution in [3.8, 4) is 0 Å². The Morgan fingerprint density at radius 3 is 2.52 bits per heavy atom. The Hall–Kier alpha value is -4.21. The molecular weight excluding hydrogens is 506 g/mol. The lowest BCUT2D eigenvalue weighted by molar-refractivity contribution is -0.126. The maximum Gasteiger partial charge on any atom is 0.410 e. The first-order valence-corrected chi connectivity index (χ1v) is 13.4. The Morgan fingerprint density at radius 1 is 1.00 bits per heavy atom. The van der Waals surface area contributed by atoms with E-state index in [2.05, 4.69) is 16.4 Å². The van der Waals surface area contributed by atoms with Crippen LogP contribution in [0.15, 0.2) is 79.0 Å². The molecule has 0 radical (unpaired) electrons. The van der Waals surface area contributed by atoms with Gasteiger partial charge >= 0.3 is 6.09 Å². The molecule has 3 heterocycles. The minimum atomic E-state index is -1.09. The average molecular weight is 542 g/mol. The van der Waals surface area contributed by atoms with Crippen LogP contribution in [0.5, 0.6) is 0 Å². The third kappa shape index (κ3) is 6.32. The van der Waals surface area contributed by atoms with Gasteiger partial charge in [-0.05, 0) is 49.1 Å². The van der Waals surface area contributed by atoms with Gasteiger partial charge < -0.3 is 25.4 Å². The zero-order chi connectivity index (χ0) is 28.1. The molecule has 9 nitrogen and oxygen atoms in total. The lowest BCUT2D eigenvalue weighted by Gasteiger charge is -2.28. The molecule has 0 spiro atoms. The number of benzene rings is 2. The predicted octanol–water partition coefficient (Wildman–Crippen LogP) is 4.14. The van der Waals surface area contributed by atoms with Crippen molar-refractivity contribution in [2.75, 3.05) is 13.2 Å². The van der Waals surface area contributed by atoms with E-state index >= 15 is 0 Å². The van der Waals surface area contributed by atoms with Crippen LogP contribution in [-0.2, 0) is 40.4 Å². The van der Waals surface area contributed by atoms with E-state index in [1.807, 2.05) is 71.1 Å². The van der Waals surface area contributed by atoms with Crippen molar-refractivity contribution in [3.63, 3.8) is 0 Å². The fourth-order valence-corrected chi connectivity index (χ4v) is 4.77. The molecular formula is C31H35N5O4. The van der Waals surface area contributed by atoms with E-state index in [-0.39, 0.29) is 25.2 Å². The normalized spacial score (nSPS) is 14.0. The van der Waals surface area contributed by atoms with E-state index < -0.39 is 11.6 Å². The second-order valence-corrected chi connectivity index (χ2v) is 10.6. The van der Waals surface area contributed by atoms with Crippen molar-refractivity contribution in [2.24, 2.45) is 5.73 Å². The molecule has 3 N–H and O–H groups in total. The van der Waals surface area contributed by atoms with E-state index in [4.69, 9.17) is 15.2 Å². The molecule has 1 aliphatic rings. The summed E-state index contributed by atoms with van der Waals surface area (Å²) in [5.74, 6) is 0.242. The number of carbonyl (C=O) groups is 2. The molecule has 1 aliphatic heterocycles. The molecule has 5 rings (SSSR count). The molecule has 0 bridgehead atoms. The number of aromatic nitrogens is 2. The van der Waals surface area contributed by atoms with Gasteiger partial charge in [-0.2, -0.15) is 0 Å². The molecule has 0 fully saturated rings. The molecule has 0 saturated carbocycles. The summed E-state index contributed by atoms with van der Waals surface area (Å²) in [6, 6.07) is 23.1. The number of fused-ring (bicyclic) bond motifs is 2. The number of hydrogen-bond acceptors (Lipinski definition) is 6. The van der Waals surface area contributed by atoms with Gasteiger partial charge in [0.05, 0.1) is 36.2 Å². The minimum Gasteiger partial charge on any atom is -0.443 e. The Bertz CT molecular complexity index is 1480. The molecule has 2 amide bonds. The summed E-state index contributed by atoms with van der Waals surface area (Å²) in [7, 11) is 0. The summed E-state index contributed by atoms with van der Waals surface area (Å²) in [4.78, 5) is 32.3. The standard InChI is InChI=1S/C31H35N5O4/c1-31(2,32)29(37)34-27(21-39-19-22-9-4-3-5-10-22)28-33-17-25-13-8-14-26(36(25)28)20-40-30(38)35-16-15-23-11-6-7-12-24(23)18-35/h3-14,17,27H,15-16,18-21,32H2,1-2H3,(H,34,37)/t27-/m1/s1. The van der Waals surface area contributed by atoms with Crippen LogP contribution in [-0.4, -0.2) is 45.0 Å². The van der Waals surface area contributed by atoms with Crippen LogP contribution in [0.25, 0.3) is 5.52 Å². The summed E-state index contributed by atoms with van der Waals surface area (Å²) in [5, 5.41) is 3.00. The van der Waals surface area contributed by atoms with Crippen LogP contribution < -0.4 is 11.1 Å². The fourth-order valence-electron chi connectivity index (χ4n) is 4.77. The summed E-state index contributed by atoms with van der Waals surface area (Å²) in [6.07, 6.45) is 2.16. The van der Waals surface area contributed by atoms with Crippen LogP contribution in [0.2, 0.25) is 0 Å². The summed E-state index contributed by atoms with van der Waals surface area (Å²) >= 11 is 0. The summed E-state index contributed by atoms with van der Waals surface area (Å²) in [5.41, 5.74) is 9.96. The van der Waals surface area contributed by atoms with Gasteiger partial charge in [0.1, 0.15) is 18.5 Å². The molecule has 0 aliphatic carbocycles. The number of ether oxygens (including phenoxy) is 2. The Balaban J connectivity index is 1.34. The van der Waals surface area contributed by atoms with Crippen LogP contribution >= 0.6 is 0 Å². The lowest BCUT2D eigenvalue weighted by Crippen LogP contribution is -2.51. The first-order chi connectivity index (χ1) is 19.3. The molecule has 0 saturated heterocycles. The van der Waals surface area contributed by atoms with Crippen molar-refractivity contribution in [2.45, 2.75) is 51.6 Å². The van der Waals surface area contributed by atoms with E-state index in [1.165, 1.54) is 5.56 Å². The second-order valence-electron chi connectivity index (χ2n) is 10.6. The Kier molecular flexibility index (Phi) is 8.14. The van der Waals surface area contributed by atoms with Gasteiger partial charge in [0, 0.05) is 13.1 Å². The Labute approximate surface area is 233 Å². The quantitative estimate of drug-likeness (QED) is 0.330. The lowest BCUT2D eigenvalue weighted by atomic mass is 10.0. The number of carbonyl (C=O) groups excluding carboxylic acids is 2. The summed E-state index contributed by atoms with van der Waals surface area (Å²) in [6.45, 7) is 5.04. The second kappa shape index (κ2) is 11.9. The topological polar surface area (TPSA) is 111 Å². The van der Waals surface area contributed by atoms with Crippen LogP contribution in [0, 0.1) is 0 Å². The highest BCUT2D eigenvalue weighted by molar-refractivity contribution is 5.85. The first-order valence-electron chi connectivity index (χ1n) is 13.4. The van der Waals surface area contributed by atoms with E-state index in [1.54, 1.807) is 24.9 Å². The number of pyridine rings is 1. The van der Waals surface area contributed by atoms with Crippen molar-refractivity contribution in [1.82, 2.24) is 19.6 Å². The molecule has 40 heavy (non-hydrogen) atoms. The predicted molar refractivity (Wildman–Crippen MR) is 151 cm³/mol. The summed E-state index contributed by atoms with van der Waals surface area (Å²) < 4.78 is 13.7. The van der Waals surface area contributed by atoms with E-state index in [0.717, 1.165) is 28.8 Å². The van der Waals surface area contributed by atoms with Crippen molar-refractivity contribution < 1.29 is 19.1 Å². The molecule has 9 heteroatoms. The average Bonchev–Trinajstić information content (AvgIpc) is 3.40. The fraction of sp³-hybridized carbons (Fsp3) is 0.323. The van der Waals surface area contributed by atoms with Gasteiger partial charge in [-0.1, -0.05) is 60.7 Å². The van der Waals surface area contributed by atoms with Gasteiger partial charge in [-0.25, -0.2) is 9.78 Å². The molecule has 0 unspecified atom stereocenters. The first kappa shape index (κ1) is 27.4. The highest BCUT2D eigenvalue weighted by atomic mass is 16.6. The molecule has 2 aromatic heterocycles. The van der Waals surface area contributed by atoms with Crippen molar-refractivity contribution >= 4 is 17.5 Å². The zero-order valence-corrected chi connectivity index (χ0v) is 22.9. The van der Waals surface area contributed by atoms with E-state index in [0.29, 0.717) is 25.5 Å². The van der Waals surface area contributed by atoms with Crippen LogP contribution in [0.3, 0.4) is 0 Å². The smallest absolute Gasteiger partial charge is 0.410 e. The largest absolute Gasteiger partial charge is 0.443 e. The highest BCUT2D eigenvalue weighted by Gasteiger charge is 2.28. The van der Waals surface area contributed by atoms with Crippen molar-refractivity contribution in [3.05, 3.63) is 107 Å². The maximum absolute atomic E-state index is 13.0. The maximum atomic E-state index is 13.0. The van der Waals surface area contributed by atoms with Crippen LogP contribution in [0.1, 0.15) is 48.1 Å². The minimum absolute atomic E-state index is 0.0472. The molecule has 208 valence electrons.